The molecule has 2 aliphatic rings. The molecule has 2 atom stereocenters. The van der Waals surface area contributed by atoms with E-state index in [0.29, 0.717) is 18.2 Å². The summed E-state index contributed by atoms with van der Waals surface area (Å²) in [6.45, 7) is 17.3. The normalized spacial score (nSPS) is 19.2. The summed E-state index contributed by atoms with van der Waals surface area (Å²) in [7, 11) is -6.74. The van der Waals surface area contributed by atoms with Crippen molar-refractivity contribution >= 4 is 51.5 Å². The molecule has 0 N–H and O–H groups in total. The Morgan fingerprint density at radius 3 is 2.32 bits per heavy atom. The van der Waals surface area contributed by atoms with Gasteiger partial charge in [0.15, 0.2) is 12.6 Å². The third kappa shape index (κ3) is 8.55. The van der Waals surface area contributed by atoms with Crippen molar-refractivity contribution in [1.82, 2.24) is 19.9 Å². The molecule has 2 aliphatic heterocycles. The van der Waals surface area contributed by atoms with E-state index >= 15 is 8.78 Å². The van der Waals surface area contributed by atoms with Gasteiger partial charge in [-0.1, -0.05) is 53.5 Å². The van der Waals surface area contributed by atoms with Crippen molar-refractivity contribution in [3.05, 3.63) is 41.5 Å². The molecule has 0 spiro atoms. The molecule has 4 heterocycles. The summed E-state index contributed by atoms with van der Waals surface area (Å²) in [5.74, 6) is 1.47. The first-order valence-electron chi connectivity index (χ1n) is 22.2. The molecular weight excluding hydrogens is 837 g/mol. The summed E-state index contributed by atoms with van der Waals surface area (Å²) in [6.07, 6.45) is 0.910. The lowest BCUT2D eigenvalue weighted by Gasteiger charge is -2.49. The highest BCUT2D eigenvalue weighted by atomic mass is 32.2. The quantitative estimate of drug-likeness (QED) is 0.0581. The minimum Gasteiger partial charge on any atom is -0.480 e. The fourth-order valence-electron chi connectivity index (χ4n) is 9.57. The zero-order chi connectivity index (χ0) is 48.2. The Kier molecular flexibility index (Phi) is 12.0. The number of methoxy groups -OCH3 is 3. The number of halogens is 2. The first kappa shape index (κ1) is 42.7. The summed E-state index contributed by atoms with van der Waals surface area (Å²) in [6, 6.07) is 5.39. The van der Waals surface area contributed by atoms with Crippen LogP contribution in [0.5, 0.6) is 11.6 Å². The zero-order valence-corrected chi connectivity index (χ0v) is 39.3. The van der Waals surface area contributed by atoms with Crippen molar-refractivity contribution in [2.45, 2.75) is 114 Å². The first-order valence-corrected chi connectivity index (χ1v) is 24.8. The molecule has 62 heavy (non-hydrogen) atoms. The van der Waals surface area contributed by atoms with E-state index in [1.807, 2.05) is 0 Å². The van der Waals surface area contributed by atoms with Crippen molar-refractivity contribution in [3.8, 4) is 34.4 Å². The van der Waals surface area contributed by atoms with Gasteiger partial charge in [-0.05, 0) is 73.8 Å². The van der Waals surface area contributed by atoms with E-state index in [0.717, 1.165) is 6.26 Å². The molecule has 13 nitrogen and oxygen atoms in total. The van der Waals surface area contributed by atoms with Crippen LogP contribution in [0.25, 0.3) is 32.9 Å². The molecule has 2 saturated heterocycles. The molecule has 2 aromatic carbocycles. The van der Waals surface area contributed by atoms with Gasteiger partial charge in [0, 0.05) is 44.4 Å². The van der Waals surface area contributed by atoms with Crippen molar-refractivity contribution in [3.63, 3.8) is 0 Å². The highest BCUT2D eigenvalue weighted by molar-refractivity contribution is 7.90. The van der Waals surface area contributed by atoms with Crippen molar-refractivity contribution in [2.24, 2.45) is 0 Å². The summed E-state index contributed by atoms with van der Waals surface area (Å²) in [5.41, 5.74) is 1.33. The van der Waals surface area contributed by atoms with Crippen LogP contribution < -0.4 is 14.4 Å². The van der Waals surface area contributed by atoms with Crippen molar-refractivity contribution < 1.29 is 49.8 Å². The van der Waals surface area contributed by atoms with Crippen LogP contribution in [0.4, 0.5) is 19.4 Å². The van der Waals surface area contributed by atoms with E-state index in [1.165, 1.54) is 37.3 Å². The number of aromatic nitrogens is 3. The number of carbonyl (C=O) groups is 1. The van der Waals surface area contributed by atoms with Crippen molar-refractivity contribution in [2.75, 3.05) is 58.9 Å². The summed E-state index contributed by atoms with van der Waals surface area (Å²) in [5, 5.41) is -0.127. The molecule has 336 valence electrons. The Morgan fingerprint density at radius 2 is 1.73 bits per heavy atom. The van der Waals surface area contributed by atoms with Crippen molar-refractivity contribution in [1.29, 1.82) is 0 Å². The van der Waals surface area contributed by atoms with Gasteiger partial charge < -0.3 is 28.6 Å². The van der Waals surface area contributed by atoms with Gasteiger partial charge in [-0.25, -0.2) is 36.9 Å². The van der Waals surface area contributed by atoms with E-state index in [4.69, 9.17) is 32.8 Å². The molecule has 4 aromatic rings. The van der Waals surface area contributed by atoms with Crippen LogP contribution in [-0.2, 0) is 24.0 Å². The molecule has 0 aliphatic carbocycles. The highest BCUT2D eigenvalue weighted by Gasteiger charge is 2.55. The molecular formula is C45H59F2N5O8SSi. The highest BCUT2D eigenvalue weighted by Crippen LogP contribution is 2.46. The van der Waals surface area contributed by atoms with E-state index in [1.54, 1.807) is 31.7 Å². The second-order valence-corrected chi connectivity index (χ2v) is 25.7. The van der Waals surface area contributed by atoms with Gasteiger partial charge in [0.05, 0.1) is 35.0 Å². The molecule has 2 aromatic heterocycles. The van der Waals surface area contributed by atoms with E-state index in [9.17, 15) is 13.2 Å². The standard InChI is InChI=1S/C45H59F2N5O8SSi/c1-26(2)62(27(3)4,28(5)6)19-17-32-34(46)15-14-29-20-31(59-25-57-11)21-33(35(29)32)38-37(47)39-36(41(48-38)58-12)40(50-42(49-39)61(13,54)55)51-22-30-16-18-45(23-51,24-56-10)52(30)43(53)60-44(7,8)9/h14-15,20-21,26-28,30H,16,18,22-25H2,1-13H3/t30-,45+/m1/s1/i10D3. The fraction of sp³-hybridized carbons (Fsp3) is 0.556. The Bertz CT molecular complexity index is 2650. The molecule has 0 unspecified atom stereocenters. The van der Waals surface area contributed by atoms with E-state index in [-0.39, 0.29) is 81.5 Å². The molecule has 6 rings (SSSR count). The van der Waals surface area contributed by atoms with Gasteiger partial charge >= 0.3 is 6.09 Å². The molecule has 2 bridgehead atoms. The predicted molar refractivity (Wildman–Crippen MR) is 238 cm³/mol. The number of nitrogens with zero attached hydrogens (tertiary/aromatic N) is 5. The molecule has 0 radical (unpaired) electrons. The van der Waals surface area contributed by atoms with Crippen LogP contribution in [0, 0.1) is 23.1 Å². The van der Waals surface area contributed by atoms with Crippen LogP contribution >= 0.6 is 0 Å². The average Bonchev–Trinajstić information content (AvgIpc) is 3.44. The fourth-order valence-corrected chi connectivity index (χ4v) is 15.3. The Balaban J connectivity index is 1.65. The van der Waals surface area contributed by atoms with E-state index in [2.05, 4.69) is 63.0 Å². The Labute approximate surface area is 369 Å². The summed E-state index contributed by atoms with van der Waals surface area (Å²) < 4.78 is 113. The molecule has 1 amide bonds. The number of anilines is 1. The largest absolute Gasteiger partial charge is 0.480 e. The maximum atomic E-state index is 17.9. The number of piperazine rings is 1. The topological polar surface area (TPSA) is 143 Å². The smallest absolute Gasteiger partial charge is 0.411 e. The number of hydrogen-bond acceptors (Lipinski definition) is 12. The van der Waals surface area contributed by atoms with Crippen LogP contribution in [0.15, 0.2) is 29.4 Å². The third-order valence-corrected chi connectivity index (χ3v) is 19.2. The average molecular weight is 899 g/mol. The van der Waals surface area contributed by atoms with Gasteiger partial charge in [-0.15, -0.1) is 5.54 Å². The number of amides is 1. The third-order valence-electron chi connectivity index (χ3n) is 12.1. The zero-order valence-electron chi connectivity index (χ0n) is 40.5. The number of hydrogen-bond donors (Lipinski definition) is 0. The summed E-state index contributed by atoms with van der Waals surface area (Å²) >= 11 is 0. The van der Waals surface area contributed by atoms with Crippen LogP contribution in [0.3, 0.4) is 0 Å². The number of carbonyl (C=O) groups excluding carboxylic acids is 1. The Hall–Kier alpha value is -4.63. The number of rotatable bonds is 12. The van der Waals surface area contributed by atoms with Gasteiger partial charge in [0.2, 0.25) is 20.9 Å². The number of sulfone groups is 1. The van der Waals surface area contributed by atoms with Gasteiger partial charge in [0.25, 0.3) is 0 Å². The van der Waals surface area contributed by atoms with E-state index < -0.39 is 77.1 Å². The lowest BCUT2D eigenvalue weighted by atomic mass is 9.95. The molecule has 0 saturated carbocycles. The first-order chi connectivity index (χ1) is 30.2. The monoisotopic (exact) mass is 898 g/mol. The van der Waals surface area contributed by atoms with Gasteiger partial charge in [-0.3, -0.25) is 4.90 Å². The SMILES string of the molecule is [2H]C([2H])([2H])OC[C@]12CC[C@H](CN(c3nc(S(C)(=O)=O)nc4c(F)c(-c5cc(OCOC)cc6ccc(F)c(C#C[Si](C(C)C)(C(C)C)C(C)C)c56)nc(OC)c34)C1)N2C(=O)OC(C)(C)C. The van der Waals surface area contributed by atoms with Crippen LogP contribution in [0.1, 0.15) is 84.8 Å². The minimum atomic E-state index is -4.24. The molecule has 17 heteroatoms. The second kappa shape index (κ2) is 17.5. The maximum Gasteiger partial charge on any atom is 0.411 e. The minimum absolute atomic E-state index is 0.0259. The Morgan fingerprint density at radius 1 is 1.03 bits per heavy atom. The lowest BCUT2D eigenvalue weighted by Crippen LogP contribution is -2.66. The van der Waals surface area contributed by atoms with Crippen LogP contribution in [-0.4, -0.2) is 114 Å². The summed E-state index contributed by atoms with van der Waals surface area (Å²) in [4.78, 5) is 30.4. The molecule has 2 fully saturated rings. The van der Waals surface area contributed by atoms with Crippen LogP contribution in [0.2, 0.25) is 16.6 Å². The number of fused-ring (bicyclic) bond motifs is 4. The lowest BCUT2D eigenvalue weighted by molar-refractivity contribution is -0.0261. The second-order valence-electron chi connectivity index (χ2n) is 18.2. The predicted octanol–water partition coefficient (Wildman–Crippen LogP) is 8.69. The number of pyridine rings is 1. The number of benzene rings is 2. The number of ether oxygens (including phenoxy) is 5. The maximum absolute atomic E-state index is 17.9. The van der Waals surface area contributed by atoms with Gasteiger partial charge in [0.1, 0.15) is 47.7 Å². The van der Waals surface area contributed by atoms with Gasteiger partial charge in [-0.2, -0.15) is 0 Å².